The van der Waals surface area contributed by atoms with E-state index in [2.05, 4.69) is 52.0 Å². The molecule has 4 atom stereocenters. The highest BCUT2D eigenvalue weighted by molar-refractivity contribution is 5.85. The van der Waals surface area contributed by atoms with Gasteiger partial charge in [0.15, 0.2) is 0 Å². The summed E-state index contributed by atoms with van der Waals surface area (Å²) in [6.07, 6.45) is 11.6. The van der Waals surface area contributed by atoms with Gasteiger partial charge >= 0.3 is 5.97 Å². The van der Waals surface area contributed by atoms with Gasteiger partial charge in [-0.2, -0.15) is 0 Å². The van der Waals surface area contributed by atoms with E-state index in [-0.39, 0.29) is 11.4 Å². The maximum atomic E-state index is 13.7. The quantitative estimate of drug-likeness (QED) is 0.367. The van der Waals surface area contributed by atoms with Crippen LogP contribution in [0.5, 0.6) is 5.75 Å². The molecule has 0 aliphatic heterocycles. The molecular weight excluding hydrogens is 392 g/mol. The molecule has 168 valence electrons. The number of carbonyl (C=O) groups is 1. The maximum absolute atomic E-state index is 13.7. The first-order valence-electron chi connectivity index (χ1n) is 12.4. The Hall–Kier alpha value is -2.35. The van der Waals surface area contributed by atoms with Crippen molar-refractivity contribution < 1.29 is 9.53 Å². The van der Waals surface area contributed by atoms with Crippen LogP contribution in [-0.2, 0) is 4.79 Å². The summed E-state index contributed by atoms with van der Waals surface area (Å²) in [4.78, 5) is 13.7. The number of benzene rings is 2. The van der Waals surface area contributed by atoms with Crippen molar-refractivity contribution >= 4 is 16.7 Å². The zero-order chi connectivity index (χ0) is 22.5. The van der Waals surface area contributed by atoms with E-state index < -0.39 is 5.41 Å². The van der Waals surface area contributed by atoms with Crippen LogP contribution in [0.15, 0.2) is 65.8 Å². The minimum absolute atomic E-state index is 0.0465. The summed E-state index contributed by atoms with van der Waals surface area (Å²) in [7, 11) is 0. The smallest absolute Gasteiger partial charge is 0.317 e. The van der Waals surface area contributed by atoms with Gasteiger partial charge in [-0.25, -0.2) is 0 Å². The van der Waals surface area contributed by atoms with Gasteiger partial charge in [0.1, 0.15) is 5.75 Å². The lowest BCUT2D eigenvalue weighted by atomic mass is 9.47. The van der Waals surface area contributed by atoms with Crippen molar-refractivity contribution in [3.8, 4) is 5.75 Å². The largest absolute Gasteiger partial charge is 0.426 e. The van der Waals surface area contributed by atoms with Crippen LogP contribution < -0.4 is 4.74 Å². The molecular formula is C30H36O2. The number of esters is 1. The number of carbonyl (C=O) groups excluding carboxylic acids is 1. The summed E-state index contributed by atoms with van der Waals surface area (Å²) >= 11 is 0. The van der Waals surface area contributed by atoms with Crippen molar-refractivity contribution in [2.45, 2.75) is 66.2 Å². The third-order valence-corrected chi connectivity index (χ3v) is 8.98. The Morgan fingerprint density at radius 1 is 1.06 bits per heavy atom. The lowest BCUT2D eigenvalue weighted by Crippen LogP contribution is -2.54. The number of ether oxygens (including phenoxy) is 1. The summed E-state index contributed by atoms with van der Waals surface area (Å²) in [5.74, 6) is 2.14. The molecule has 32 heavy (non-hydrogen) atoms. The van der Waals surface area contributed by atoms with Gasteiger partial charge in [-0.05, 0) is 90.7 Å². The van der Waals surface area contributed by atoms with Crippen LogP contribution >= 0.6 is 0 Å². The lowest BCUT2D eigenvalue weighted by molar-refractivity contribution is -0.159. The van der Waals surface area contributed by atoms with Crippen molar-refractivity contribution in [2.75, 3.05) is 0 Å². The van der Waals surface area contributed by atoms with E-state index in [1.165, 1.54) is 30.2 Å². The van der Waals surface area contributed by atoms with Crippen molar-refractivity contribution in [1.29, 1.82) is 0 Å². The molecule has 0 heterocycles. The highest BCUT2D eigenvalue weighted by atomic mass is 16.5. The Balaban J connectivity index is 1.43. The zero-order valence-corrected chi connectivity index (χ0v) is 20.0. The maximum Gasteiger partial charge on any atom is 0.317 e. The van der Waals surface area contributed by atoms with Crippen molar-refractivity contribution in [3.05, 3.63) is 65.8 Å². The second-order valence-electron chi connectivity index (χ2n) is 11.1. The molecule has 1 saturated carbocycles. The van der Waals surface area contributed by atoms with E-state index in [1.807, 2.05) is 30.3 Å². The monoisotopic (exact) mass is 428 g/mol. The molecule has 2 aromatic rings. The summed E-state index contributed by atoms with van der Waals surface area (Å²) in [5.41, 5.74) is 2.84. The van der Waals surface area contributed by atoms with Crippen LogP contribution in [0.3, 0.4) is 0 Å². The Bertz CT molecular complexity index is 1110. The van der Waals surface area contributed by atoms with E-state index in [4.69, 9.17) is 4.74 Å². The van der Waals surface area contributed by atoms with Gasteiger partial charge in [-0.1, -0.05) is 75.2 Å². The average Bonchev–Trinajstić information content (AvgIpc) is 2.78. The second kappa shape index (κ2) is 7.90. The first kappa shape index (κ1) is 21.5. The van der Waals surface area contributed by atoms with Crippen LogP contribution in [0, 0.1) is 28.6 Å². The van der Waals surface area contributed by atoms with Gasteiger partial charge in [-0.3, -0.25) is 4.79 Å². The molecule has 2 heteroatoms. The number of rotatable bonds is 3. The highest BCUT2D eigenvalue weighted by Gasteiger charge is 2.57. The standard InChI is InChI=1S/C30H36O2/c1-20(2)22-11-14-26-24(18-22)12-15-27-29(26,3)16-7-17-30(27,4)28(31)32-25-13-10-21-8-5-6-9-23(21)19-25/h5-6,8-10,12-13,18-20,26-27H,7,11,14-17H2,1-4H3/t26?,27-,29+,30+/m0/s1. The Morgan fingerprint density at radius 3 is 2.62 bits per heavy atom. The minimum atomic E-state index is -0.442. The minimum Gasteiger partial charge on any atom is -0.426 e. The number of allylic oxidation sites excluding steroid dienone is 4. The molecule has 3 aliphatic carbocycles. The number of hydrogen-bond donors (Lipinski definition) is 0. The second-order valence-corrected chi connectivity index (χ2v) is 11.1. The summed E-state index contributed by atoms with van der Waals surface area (Å²) in [6, 6.07) is 14.2. The summed E-state index contributed by atoms with van der Waals surface area (Å²) in [6.45, 7) is 9.25. The molecule has 0 N–H and O–H groups in total. The molecule has 5 rings (SSSR count). The molecule has 0 saturated heterocycles. The molecule has 1 fully saturated rings. The SMILES string of the molecule is CC(C)C1=CC2=CC[C@@H]3[C@](C)(C(=O)Oc4ccc5ccccc5c4)CCC[C@]3(C)C2CC1. The van der Waals surface area contributed by atoms with Gasteiger partial charge in [0.05, 0.1) is 5.41 Å². The predicted octanol–water partition coefficient (Wildman–Crippen LogP) is 7.88. The van der Waals surface area contributed by atoms with Gasteiger partial charge in [0.25, 0.3) is 0 Å². The predicted molar refractivity (Wildman–Crippen MR) is 131 cm³/mol. The highest BCUT2D eigenvalue weighted by Crippen LogP contribution is 2.62. The summed E-state index contributed by atoms with van der Waals surface area (Å²) in [5, 5.41) is 2.27. The third kappa shape index (κ3) is 3.43. The first-order chi connectivity index (χ1) is 15.3. The van der Waals surface area contributed by atoms with Crippen LogP contribution in [0.4, 0.5) is 0 Å². The van der Waals surface area contributed by atoms with Crippen LogP contribution in [0.2, 0.25) is 0 Å². The fourth-order valence-electron chi connectivity index (χ4n) is 7.04. The molecule has 0 aromatic heterocycles. The molecule has 0 radical (unpaired) electrons. The third-order valence-electron chi connectivity index (χ3n) is 8.98. The molecule has 0 amide bonds. The van der Waals surface area contributed by atoms with Gasteiger partial charge in [-0.15, -0.1) is 0 Å². The van der Waals surface area contributed by atoms with Gasteiger partial charge < -0.3 is 4.74 Å². The Morgan fingerprint density at radius 2 is 1.84 bits per heavy atom. The lowest BCUT2D eigenvalue weighted by Gasteiger charge is -2.57. The van der Waals surface area contributed by atoms with E-state index >= 15 is 0 Å². The zero-order valence-electron chi connectivity index (χ0n) is 20.0. The molecule has 0 bridgehead atoms. The van der Waals surface area contributed by atoms with Gasteiger partial charge in [0.2, 0.25) is 0 Å². The molecule has 0 spiro atoms. The van der Waals surface area contributed by atoms with Crippen molar-refractivity contribution in [3.63, 3.8) is 0 Å². The van der Waals surface area contributed by atoms with Crippen molar-refractivity contribution in [1.82, 2.24) is 0 Å². The van der Waals surface area contributed by atoms with Crippen LogP contribution in [0.1, 0.15) is 66.2 Å². The van der Waals surface area contributed by atoms with Crippen LogP contribution in [0.25, 0.3) is 10.8 Å². The molecule has 3 aliphatic rings. The molecule has 2 nitrogen and oxygen atoms in total. The van der Waals surface area contributed by atoms with E-state index in [0.717, 1.165) is 24.6 Å². The number of hydrogen-bond acceptors (Lipinski definition) is 2. The van der Waals surface area contributed by atoms with E-state index in [0.29, 0.717) is 23.5 Å². The van der Waals surface area contributed by atoms with Crippen molar-refractivity contribution in [2.24, 2.45) is 28.6 Å². The summed E-state index contributed by atoms with van der Waals surface area (Å²) < 4.78 is 6.07. The topological polar surface area (TPSA) is 26.3 Å². The normalized spacial score (nSPS) is 32.0. The van der Waals surface area contributed by atoms with E-state index in [1.54, 1.807) is 5.57 Å². The fourth-order valence-corrected chi connectivity index (χ4v) is 7.04. The van der Waals surface area contributed by atoms with Crippen LogP contribution in [-0.4, -0.2) is 5.97 Å². The first-order valence-corrected chi connectivity index (χ1v) is 12.4. The average molecular weight is 429 g/mol. The fraction of sp³-hybridized carbons (Fsp3) is 0.500. The Labute approximate surface area is 192 Å². The van der Waals surface area contributed by atoms with E-state index in [9.17, 15) is 4.79 Å². The Kier molecular flexibility index (Phi) is 5.31. The molecule has 1 unspecified atom stereocenters. The van der Waals surface area contributed by atoms with Gasteiger partial charge in [0, 0.05) is 0 Å². The number of fused-ring (bicyclic) bond motifs is 4. The molecule has 2 aromatic carbocycles.